The Morgan fingerprint density at radius 3 is 2.70 bits per heavy atom. The van der Waals surface area contributed by atoms with E-state index in [0.29, 0.717) is 12.5 Å². The van der Waals surface area contributed by atoms with Crippen molar-refractivity contribution in [2.45, 2.75) is 33.7 Å². The van der Waals surface area contributed by atoms with Crippen molar-refractivity contribution in [2.75, 3.05) is 26.4 Å². The molecule has 1 aromatic carbocycles. The van der Waals surface area contributed by atoms with Crippen LogP contribution in [0.1, 0.15) is 32.8 Å². The van der Waals surface area contributed by atoms with Gasteiger partial charge in [-0.15, -0.1) is 0 Å². The Labute approximate surface area is 131 Å². The van der Waals surface area contributed by atoms with Crippen LogP contribution in [-0.2, 0) is 11.3 Å². The van der Waals surface area contributed by atoms with E-state index < -0.39 is 0 Å². The maximum Gasteiger partial charge on any atom is 0.133 e. The average molecular weight is 344 g/mol. The Morgan fingerprint density at radius 1 is 1.25 bits per heavy atom. The van der Waals surface area contributed by atoms with E-state index in [1.807, 2.05) is 13.0 Å². The van der Waals surface area contributed by atoms with Crippen molar-refractivity contribution in [1.29, 1.82) is 0 Å². The molecule has 0 atom stereocenters. The molecule has 0 unspecified atom stereocenters. The fourth-order valence-corrected chi connectivity index (χ4v) is 2.30. The van der Waals surface area contributed by atoms with E-state index in [0.717, 1.165) is 42.9 Å². The van der Waals surface area contributed by atoms with Gasteiger partial charge in [0.15, 0.2) is 0 Å². The summed E-state index contributed by atoms with van der Waals surface area (Å²) in [6, 6.07) is 6.25. The van der Waals surface area contributed by atoms with E-state index in [2.05, 4.69) is 47.2 Å². The highest BCUT2D eigenvalue weighted by molar-refractivity contribution is 9.10. The number of hydrogen-bond donors (Lipinski definition) is 1. The zero-order valence-corrected chi connectivity index (χ0v) is 14.3. The third kappa shape index (κ3) is 7.27. The Bertz CT molecular complexity index is 383. The Kier molecular flexibility index (Phi) is 8.90. The lowest BCUT2D eigenvalue weighted by molar-refractivity contribution is 0.130. The van der Waals surface area contributed by atoms with E-state index in [4.69, 9.17) is 9.47 Å². The molecule has 0 saturated carbocycles. The minimum Gasteiger partial charge on any atom is -0.492 e. The van der Waals surface area contributed by atoms with E-state index >= 15 is 0 Å². The molecule has 0 aliphatic carbocycles. The van der Waals surface area contributed by atoms with Crippen LogP contribution in [0.3, 0.4) is 0 Å². The third-order valence-electron chi connectivity index (χ3n) is 2.77. The van der Waals surface area contributed by atoms with E-state index in [9.17, 15) is 0 Å². The highest BCUT2D eigenvalue weighted by Crippen LogP contribution is 2.26. The lowest BCUT2D eigenvalue weighted by atomic mass is 10.2. The van der Waals surface area contributed by atoms with Gasteiger partial charge in [-0.25, -0.2) is 0 Å². The predicted molar refractivity (Wildman–Crippen MR) is 87.3 cm³/mol. The minimum atomic E-state index is 0.673. The van der Waals surface area contributed by atoms with Crippen molar-refractivity contribution in [3.05, 3.63) is 28.2 Å². The quantitative estimate of drug-likeness (QED) is 0.651. The summed E-state index contributed by atoms with van der Waals surface area (Å²) in [7, 11) is 0. The van der Waals surface area contributed by atoms with Crippen LogP contribution in [0, 0.1) is 5.92 Å². The molecule has 0 saturated heterocycles. The Balaban J connectivity index is 2.35. The van der Waals surface area contributed by atoms with E-state index in [1.165, 1.54) is 5.56 Å². The van der Waals surface area contributed by atoms with Gasteiger partial charge in [-0.1, -0.05) is 19.9 Å². The highest BCUT2D eigenvalue weighted by atomic mass is 79.9. The van der Waals surface area contributed by atoms with Crippen LogP contribution in [0.5, 0.6) is 5.75 Å². The lowest BCUT2D eigenvalue weighted by Gasteiger charge is -2.11. The van der Waals surface area contributed by atoms with Crippen LogP contribution >= 0.6 is 15.9 Å². The zero-order chi connectivity index (χ0) is 14.8. The Morgan fingerprint density at radius 2 is 2.05 bits per heavy atom. The smallest absolute Gasteiger partial charge is 0.133 e. The maximum atomic E-state index is 5.73. The summed E-state index contributed by atoms with van der Waals surface area (Å²) in [6.45, 7) is 10.6. The molecule has 0 aliphatic heterocycles. The van der Waals surface area contributed by atoms with Gasteiger partial charge in [-0.3, -0.25) is 0 Å². The van der Waals surface area contributed by atoms with Crippen LogP contribution in [0.2, 0.25) is 0 Å². The molecule has 0 aromatic heterocycles. The first kappa shape index (κ1) is 17.5. The van der Waals surface area contributed by atoms with E-state index in [1.54, 1.807) is 0 Å². The summed E-state index contributed by atoms with van der Waals surface area (Å²) in [5.74, 6) is 1.57. The van der Waals surface area contributed by atoms with Gasteiger partial charge in [0.1, 0.15) is 5.75 Å². The molecule has 0 bridgehead atoms. The molecule has 20 heavy (non-hydrogen) atoms. The molecule has 0 radical (unpaired) electrons. The summed E-state index contributed by atoms with van der Waals surface area (Å²) < 4.78 is 12.0. The number of rotatable bonds is 10. The van der Waals surface area contributed by atoms with Gasteiger partial charge in [-0.2, -0.15) is 0 Å². The van der Waals surface area contributed by atoms with Gasteiger partial charge in [-0.05, 0) is 53.0 Å². The lowest BCUT2D eigenvalue weighted by Crippen LogP contribution is -2.18. The number of hydrogen-bond acceptors (Lipinski definition) is 3. The SMILES string of the molecule is CCOCCCOc1ccc(CNCC(C)C)cc1Br. The minimum absolute atomic E-state index is 0.673. The fourth-order valence-electron chi connectivity index (χ4n) is 1.76. The number of benzene rings is 1. The molecule has 0 aliphatic rings. The van der Waals surface area contributed by atoms with Crippen LogP contribution in [-0.4, -0.2) is 26.4 Å². The number of ether oxygens (including phenoxy) is 2. The van der Waals surface area contributed by atoms with Crippen molar-refractivity contribution in [2.24, 2.45) is 5.92 Å². The van der Waals surface area contributed by atoms with Gasteiger partial charge in [0.2, 0.25) is 0 Å². The fraction of sp³-hybridized carbons (Fsp3) is 0.625. The van der Waals surface area contributed by atoms with Gasteiger partial charge < -0.3 is 14.8 Å². The summed E-state index contributed by atoms with van der Waals surface area (Å²) in [4.78, 5) is 0. The van der Waals surface area contributed by atoms with Gasteiger partial charge in [0, 0.05) is 26.2 Å². The van der Waals surface area contributed by atoms with Crippen molar-refractivity contribution >= 4 is 15.9 Å². The topological polar surface area (TPSA) is 30.5 Å². The molecule has 4 heteroatoms. The molecule has 0 heterocycles. The molecule has 3 nitrogen and oxygen atoms in total. The molecule has 1 rings (SSSR count). The molecule has 0 spiro atoms. The predicted octanol–water partition coefficient (Wildman–Crippen LogP) is 4.00. The summed E-state index contributed by atoms with van der Waals surface area (Å²) in [5.41, 5.74) is 1.26. The largest absolute Gasteiger partial charge is 0.492 e. The second-order valence-electron chi connectivity index (χ2n) is 5.19. The summed E-state index contributed by atoms with van der Waals surface area (Å²) in [5, 5.41) is 3.44. The summed E-state index contributed by atoms with van der Waals surface area (Å²) in [6.07, 6.45) is 0.915. The van der Waals surface area contributed by atoms with Crippen LogP contribution in [0.4, 0.5) is 0 Å². The highest BCUT2D eigenvalue weighted by Gasteiger charge is 2.03. The molecule has 0 amide bonds. The molecule has 1 N–H and O–H groups in total. The third-order valence-corrected chi connectivity index (χ3v) is 3.39. The number of halogens is 1. The normalized spacial score (nSPS) is 11.1. The molecule has 0 fully saturated rings. The molecule has 114 valence electrons. The number of nitrogens with one attached hydrogen (secondary N) is 1. The maximum absolute atomic E-state index is 5.73. The van der Waals surface area contributed by atoms with Crippen LogP contribution in [0.25, 0.3) is 0 Å². The second-order valence-corrected chi connectivity index (χ2v) is 6.04. The Hall–Kier alpha value is -0.580. The van der Waals surface area contributed by atoms with Crippen molar-refractivity contribution in [1.82, 2.24) is 5.32 Å². The summed E-state index contributed by atoms with van der Waals surface area (Å²) >= 11 is 3.57. The zero-order valence-electron chi connectivity index (χ0n) is 12.7. The first-order valence-electron chi connectivity index (χ1n) is 7.33. The first-order valence-corrected chi connectivity index (χ1v) is 8.12. The molecular formula is C16H26BrNO2. The monoisotopic (exact) mass is 343 g/mol. The van der Waals surface area contributed by atoms with Gasteiger partial charge >= 0.3 is 0 Å². The van der Waals surface area contributed by atoms with E-state index in [-0.39, 0.29) is 0 Å². The van der Waals surface area contributed by atoms with Crippen molar-refractivity contribution < 1.29 is 9.47 Å². The van der Waals surface area contributed by atoms with Crippen LogP contribution in [0.15, 0.2) is 22.7 Å². The van der Waals surface area contributed by atoms with Crippen LogP contribution < -0.4 is 10.1 Å². The van der Waals surface area contributed by atoms with Gasteiger partial charge in [0.05, 0.1) is 11.1 Å². The molecular weight excluding hydrogens is 318 g/mol. The molecule has 1 aromatic rings. The average Bonchev–Trinajstić information content (AvgIpc) is 2.40. The standard InChI is InChI=1S/C16H26BrNO2/c1-4-19-8-5-9-20-16-7-6-14(10-15(16)17)12-18-11-13(2)3/h6-7,10,13,18H,4-5,8-9,11-12H2,1-3H3. The first-order chi connectivity index (χ1) is 9.63. The van der Waals surface area contributed by atoms with Crippen molar-refractivity contribution in [3.8, 4) is 5.75 Å². The second kappa shape index (κ2) is 10.2. The van der Waals surface area contributed by atoms with Gasteiger partial charge in [0.25, 0.3) is 0 Å². The van der Waals surface area contributed by atoms with Crippen molar-refractivity contribution in [3.63, 3.8) is 0 Å².